The van der Waals surface area contributed by atoms with E-state index in [-0.39, 0.29) is 12.0 Å². The van der Waals surface area contributed by atoms with Crippen molar-refractivity contribution in [2.45, 2.75) is 6.10 Å². The van der Waals surface area contributed by atoms with Gasteiger partial charge >= 0.3 is 0 Å². The van der Waals surface area contributed by atoms with Gasteiger partial charge in [-0.2, -0.15) is 0 Å². The zero-order chi connectivity index (χ0) is 13.2. The van der Waals surface area contributed by atoms with Gasteiger partial charge in [-0.25, -0.2) is 0 Å². The highest BCUT2D eigenvalue weighted by Gasteiger charge is 2.25. The first kappa shape index (κ1) is 12.2. The van der Waals surface area contributed by atoms with Crippen molar-refractivity contribution in [3.63, 3.8) is 0 Å². The minimum Gasteiger partial charge on any atom is -0.373 e. The van der Waals surface area contributed by atoms with Gasteiger partial charge in [0.2, 0.25) is 0 Å². The van der Waals surface area contributed by atoms with Gasteiger partial charge in [-0.05, 0) is 6.07 Å². The first-order chi connectivity index (χ1) is 9.29. The third kappa shape index (κ3) is 2.22. The Morgan fingerprint density at radius 3 is 3.16 bits per heavy atom. The quantitative estimate of drug-likeness (QED) is 0.844. The van der Waals surface area contributed by atoms with Crippen LogP contribution in [0.15, 0.2) is 30.5 Å². The van der Waals surface area contributed by atoms with E-state index in [0.29, 0.717) is 31.8 Å². The molecule has 1 aromatic carbocycles. The number of rotatable bonds is 2. The Morgan fingerprint density at radius 2 is 2.32 bits per heavy atom. The molecule has 0 radical (unpaired) electrons. The topological polar surface area (TPSA) is 71.3 Å². The molecule has 0 spiro atoms. The third-order valence-electron chi connectivity index (χ3n) is 3.51. The fourth-order valence-corrected chi connectivity index (χ4v) is 2.47. The summed E-state index contributed by atoms with van der Waals surface area (Å²) >= 11 is 0. The van der Waals surface area contributed by atoms with E-state index in [4.69, 9.17) is 10.5 Å². The van der Waals surface area contributed by atoms with Crippen LogP contribution in [0.1, 0.15) is 10.4 Å². The molecule has 0 aliphatic carbocycles. The van der Waals surface area contributed by atoms with Gasteiger partial charge in [0, 0.05) is 36.7 Å². The third-order valence-corrected chi connectivity index (χ3v) is 3.51. The zero-order valence-electron chi connectivity index (χ0n) is 10.6. The lowest BCUT2D eigenvalue weighted by Crippen LogP contribution is -2.48. The van der Waals surface area contributed by atoms with Gasteiger partial charge in [0.25, 0.3) is 5.91 Å². The molecule has 19 heavy (non-hydrogen) atoms. The largest absolute Gasteiger partial charge is 0.373 e. The van der Waals surface area contributed by atoms with Crippen molar-refractivity contribution in [1.82, 2.24) is 9.88 Å². The smallest absolute Gasteiger partial charge is 0.256 e. The molecule has 1 atom stereocenters. The van der Waals surface area contributed by atoms with Gasteiger partial charge in [-0.1, -0.05) is 18.2 Å². The van der Waals surface area contributed by atoms with Gasteiger partial charge in [0.15, 0.2) is 0 Å². The Bertz CT molecular complexity index is 593. The van der Waals surface area contributed by atoms with Gasteiger partial charge in [-0.15, -0.1) is 0 Å². The average Bonchev–Trinajstić information content (AvgIpc) is 2.90. The first-order valence-electron chi connectivity index (χ1n) is 6.46. The molecule has 1 saturated heterocycles. The second-order valence-corrected chi connectivity index (χ2v) is 4.73. The van der Waals surface area contributed by atoms with E-state index in [1.165, 1.54) is 0 Å². The summed E-state index contributed by atoms with van der Waals surface area (Å²) in [6.45, 7) is 2.18. The molecule has 1 amide bonds. The van der Waals surface area contributed by atoms with Crippen molar-refractivity contribution in [2.75, 3.05) is 26.2 Å². The number of aromatic amines is 1. The van der Waals surface area contributed by atoms with Crippen molar-refractivity contribution < 1.29 is 9.53 Å². The molecule has 1 aliphatic heterocycles. The molecule has 1 unspecified atom stereocenters. The SMILES string of the molecule is NCC1CN(C(=O)c2c[nH]c3ccccc23)CCO1. The maximum atomic E-state index is 12.5. The Hall–Kier alpha value is -1.85. The number of ether oxygens (including phenoxy) is 1. The summed E-state index contributed by atoms with van der Waals surface area (Å²) in [6, 6.07) is 7.81. The Morgan fingerprint density at radius 1 is 1.47 bits per heavy atom. The van der Waals surface area contributed by atoms with E-state index in [1.54, 1.807) is 6.20 Å². The summed E-state index contributed by atoms with van der Waals surface area (Å²) in [7, 11) is 0. The van der Waals surface area contributed by atoms with E-state index >= 15 is 0 Å². The first-order valence-corrected chi connectivity index (χ1v) is 6.46. The molecule has 5 heteroatoms. The predicted octanol–water partition coefficient (Wildman–Crippen LogP) is 0.968. The van der Waals surface area contributed by atoms with E-state index < -0.39 is 0 Å². The van der Waals surface area contributed by atoms with Crippen LogP contribution in [0.25, 0.3) is 10.9 Å². The molecule has 3 N–H and O–H groups in total. The number of fused-ring (bicyclic) bond motifs is 1. The highest BCUT2D eigenvalue weighted by atomic mass is 16.5. The van der Waals surface area contributed by atoms with Gasteiger partial charge in [0.1, 0.15) is 0 Å². The molecule has 3 rings (SSSR count). The lowest BCUT2D eigenvalue weighted by molar-refractivity contribution is -0.0166. The molecule has 2 aromatic rings. The van der Waals surface area contributed by atoms with Crippen LogP contribution in [0.3, 0.4) is 0 Å². The van der Waals surface area contributed by atoms with Crippen molar-refractivity contribution in [1.29, 1.82) is 0 Å². The van der Waals surface area contributed by atoms with Crippen LogP contribution in [0.2, 0.25) is 0 Å². The van der Waals surface area contributed by atoms with Crippen LogP contribution >= 0.6 is 0 Å². The number of H-pyrrole nitrogens is 1. The number of para-hydroxylation sites is 1. The summed E-state index contributed by atoms with van der Waals surface area (Å²) in [6.07, 6.45) is 1.72. The lowest BCUT2D eigenvalue weighted by Gasteiger charge is -2.32. The summed E-state index contributed by atoms with van der Waals surface area (Å²) < 4.78 is 5.49. The maximum Gasteiger partial charge on any atom is 0.256 e. The molecule has 100 valence electrons. The standard InChI is InChI=1S/C14H17N3O2/c15-7-10-9-17(5-6-19-10)14(18)12-8-16-13-4-2-1-3-11(12)13/h1-4,8,10,16H,5-7,9,15H2. The zero-order valence-corrected chi connectivity index (χ0v) is 10.6. The Labute approximate surface area is 111 Å². The molecule has 5 nitrogen and oxygen atoms in total. The van der Waals surface area contributed by atoms with E-state index in [2.05, 4.69) is 4.98 Å². The number of nitrogens with two attached hydrogens (primary N) is 1. The molecular weight excluding hydrogens is 242 g/mol. The number of hydrogen-bond donors (Lipinski definition) is 2. The second-order valence-electron chi connectivity index (χ2n) is 4.73. The number of carbonyl (C=O) groups excluding carboxylic acids is 1. The lowest BCUT2D eigenvalue weighted by atomic mass is 10.1. The minimum absolute atomic E-state index is 0.0409. The van der Waals surface area contributed by atoms with Crippen molar-refractivity contribution >= 4 is 16.8 Å². The molecule has 2 heterocycles. The van der Waals surface area contributed by atoms with E-state index in [1.807, 2.05) is 29.2 Å². The average molecular weight is 259 g/mol. The van der Waals surface area contributed by atoms with Gasteiger partial charge in [-0.3, -0.25) is 4.79 Å². The number of amides is 1. The summed E-state index contributed by atoms with van der Waals surface area (Å²) in [4.78, 5) is 17.5. The van der Waals surface area contributed by atoms with Crippen LogP contribution in [0, 0.1) is 0 Å². The highest BCUT2D eigenvalue weighted by Crippen LogP contribution is 2.20. The van der Waals surface area contributed by atoms with Gasteiger partial charge in [0.05, 0.1) is 18.3 Å². The molecular formula is C14H17N3O2. The fourth-order valence-electron chi connectivity index (χ4n) is 2.47. The number of benzene rings is 1. The van der Waals surface area contributed by atoms with Crippen LogP contribution in [-0.2, 0) is 4.74 Å². The van der Waals surface area contributed by atoms with Crippen LogP contribution < -0.4 is 5.73 Å². The molecule has 0 saturated carbocycles. The number of carbonyl (C=O) groups is 1. The van der Waals surface area contributed by atoms with Crippen molar-refractivity contribution in [2.24, 2.45) is 5.73 Å². The number of morpholine rings is 1. The number of nitrogens with one attached hydrogen (secondary N) is 1. The molecule has 1 aliphatic rings. The summed E-state index contributed by atoms with van der Waals surface area (Å²) in [5.74, 6) is 0.0409. The van der Waals surface area contributed by atoms with Crippen LogP contribution in [0.5, 0.6) is 0 Å². The summed E-state index contributed by atoms with van der Waals surface area (Å²) in [5.41, 5.74) is 7.30. The second kappa shape index (κ2) is 5.03. The van der Waals surface area contributed by atoms with Crippen molar-refractivity contribution in [3.8, 4) is 0 Å². The molecule has 0 bridgehead atoms. The number of aromatic nitrogens is 1. The van der Waals surface area contributed by atoms with Crippen LogP contribution in [0.4, 0.5) is 0 Å². The summed E-state index contributed by atoms with van der Waals surface area (Å²) in [5, 5.41) is 0.961. The molecule has 1 fully saturated rings. The van der Waals surface area contributed by atoms with E-state index in [9.17, 15) is 4.79 Å². The number of hydrogen-bond acceptors (Lipinski definition) is 3. The Kier molecular flexibility index (Phi) is 3.23. The predicted molar refractivity (Wildman–Crippen MR) is 73.0 cm³/mol. The highest BCUT2D eigenvalue weighted by molar-refractivity contribution is 6.06. The maximum absolute atomic E-state index is 12.5. The monoisotopic (exact) mass is 259 g/mol. The van der Waals surface area contributed by atoms with Gasteiger partial charge < -0.3 is 20.4 Å². The minimum atomic E-state index is -0.0529. The van der Waals surface area contributed by atoms with Crippen molar-refractivity contribution in [3.05, 3.63) is 36.0 Å². The number of nitrogens with zero attached hydrogens (tertiary/aromatic N) is 1. The van der Waals surface area contributed by atoms with Crippen LogP contribution in [-0.4, -0.2) is 48.1 Å². The fraction of sp³-hybridized carbons (Fsp3) is 0.357. The normalized spacial score (nSPS) is 19.8. The van der Waals surface area contributed by atoms with E-state index in [0.717, 1.165) is 10.9 Å². The molecule has 1 aromatic heterocycles. The Balaban J connectivity index is 1.87.